The summed E-state index contributed by atoms with van der Waals surface area (Å²) < 4.78 is 112. The molecule has 4 aromatic heterocycles. The number of nitrogen functional groups attached to an aromatic ring is 2. The molecule has 10 atom stereocenters. The van der Waals surface area contributed by atoms with Crippen LogP contribution in [0.2, 0.25) is 0 Å². The number of nitrogens with two attached hydrogens (primary N) is 2. The first-order valence-electron chi connectivity index (χ1n) is 20.0. The molecule has 0 saturated carbocycles. The molecule has 6 aromatic rings. The van der Waals surface area contributed by atoms with E-state index < -0.39 is 88.2 Å². The number of fused-ring (bicyclic) bond motifs is 4. The van der Waals surface area contributed by atoms with Gasteiger partial charge in [0.1, 0.15) is 47.8 Å². The van der Waals surface area contributed by atoms with Gasteiger partial charge < -0.3 is 39.5 Å². The molecule has 22 nitrogen and oxygen atoms in total. The van der Waals surface area contributed by atoms with Crippen LogP contribution in [-0.4, -0.2) is 109 Å². The van der Waals surface area contributed by atoms with Gasteiger partial charge in [-0.05, 0) is 59.8 Å². The van der Waals surface area contributed by atoms with E-state index in [-0.39, 0.29) is 45.6 Å². The first-order chi connectivity index (χ1) is 31.2. The fourth-order valence-corrected chi connectivity index (χ4v) is 11.9. The van der Waals surface area contributed by atoms with E-state index in [1.165, 1.54) is 23.0 Å². The van der Waals surface area contributed by atoms with E-state index >= 15 is 8.78 Å². The number of carbonyl (C=O) groups excluding carboxylic acids is 1. The van der Waals surface area contributed by atoms with Gasteiger partial charge in [-0.25, -0.2) is 38.1 Å². The Bertz CT molecular complexity index is 2880. The predicted molar refractivity (Wildman–Crippen MR) is 230 cm³/mol. The molecular formula is C37H39BF2N10O12P2S. The van der Waals surface area contributed by atoms with E-state index in [4.69, 9.17) is 48.5 Å². The van der Waals surface area contributed by atoms with Gasteiger partial charge in [-0.3, -0.25) is 32.5 Å². The number of aromatic nitrogens is 8. The van der Waals surface area contributed by atoms with E-state index in [1.54, 1.807) is 36.4 Å². The summed E-state index contributed by atoms with van der Waals surface area (Å²) in [6.45, 7) is -3.41. The number of rotatable bonds is 10. The molecule has 5 N–H and O–H groups in total. The van der Waals surface area contributed by atoms with Crippen molar-refractivity contribution in [1.82, 2.24) is 39.0 Å². The van der Waals surface area contributed by atoms with Gasteiger partial charge in [0, 0.05) is 5.75 Å². The summed E-state index contributed by atoms with van der Waals surface area (Å²) in [6, 6.07) is 12.8. The number of benzene rings is 2. The Hall–Kier alpha value is -5.30. The summed E-state index contributed by atoms with van der Waals surface area (Å²) in [5.74, 6) is -0.0765. The Morgan fingerprint density at radius 1 is 0.877 bits per heavy atom. The van der Waals surface area contributed by atoms with Gasteiger partial charge in [-0.15, -0.1) is 0 Å². The maximum atomic E-state index is 16.9. The van der Waals surface area contributed by atoms with E-state index in [0.29, 0.717) is 34.9 Å². The van der Waals surface area contributed by atoms with Crippen molar-refractivity contribution in [3.05, 3.63) is 89.0 Å². The van der Waals surface area contributed by atoms with Crippen molar-refractivity contribution in [1.29, 1.82) is 0 Å². The fraction of sp³-hybridized carbons (Fsp3) is 0.378. The van der Waals surface area contributed by atoms with Gasteiger partial charge in [0.2, 0.25) is 5.95 Å². The molecule has 65 heavy (non-hydrogen) atoms. The highest BCUT2D eigenvalue weighted by molar-refractivity contribution is 8.54. The number of carbonyl (C=O) groups is 1. The SMILES string of the molecule is B[P@@]1(=O)OC[C@H]2O[C@@H](n3cnc4c(N)ncnc43)[C@H](F)[C@@H]2O[P@@](=O)(SCc2ccc(OC(=O)c3ccc(OCCC)cc3)cc2)OC[C@H]2O[C@@H](n3cnc4c(=O)[nH]c(N)nc43)[C@H](F)[C@@H]2O1. The molecule has 0 bridgehead atoms. The Balaban J connectivity index is 0.981. The Morgan fingerprint density at radius 2 is 1.51 bits per heavy atom. The van der Waals surface area contributed by atoms with Crippen LogP contribution in [0.5, 0.6) is 11.5 Å². The van der Waals surface area contributed by atoms with Crippen LogP contribution >= 0.6 is 25.7 Å². The Morgan fingerprint density at radius 3 is 2.20 bits per heavy atom. The maximum absolute atomic E-state index is 16.9. The second-order valence-corrected chi connectivity index (χ2v) is 21.0. The number of anilines is 2. The normalized spacial score (nSPS) is 29.5. The molecular weight excluding hydrogens is 919 g/mol. The number of imidazole rings is 2. The summed E-state index contributed by atoms with van der Waals surface area (Å²) in [5, 5.41) is 0. The fourth-order valence-electron chi connectivity index (χ4n) is 7.29. The maximum Gasteiger partial charge on any atom is 0.389 e. The van der Waals surface area contributed by atoms with Crippen LogP contribution in [0.4, 0.5) is 20.5 Å². The van der Waals surface area contributed by atoms with Crippen LogP contribution in [0.25, 0.3) is 22.3 Å². The Labute approximate surface area is 371 Å². The van der Waals surface area contributed by atoms with Crippen LogP contribution in [0, 0.1) is 0 Å². The smallest absolute Gasteiger partial charge is 0.389 e. The monoisotopic (exact) mass is 958 g/mol. The van der Waals surface area contributed by atoms with Gasteiger partial charge >= 0.3 is 12.8 Å². The van der Waals surface area contributed by atoms with E-state index in [9.17, 15) is 18.7 Å². The second-order valence-electron chi connectivity index (χ2n) is 15.0. The first-order valence-corrected chi connectivity index (χ1v) is 25.1. The molecule has 0 unspecified atom stereocenters. The highest BCUT2D eigenvalue weighted by atomic mass is 32.7. The van der Waals surface area contributed by atoms with Crippen molar-refractivity contribution in [2.45, 2.75) is 68.3 Å². The minimum atomic E-state index is -4.56. The molecule has 0 spiro atoms. The quantitative estimate of drug-likeness (QED) is 0.0750. The number of alkyl halides is 2. The average molecular weight is 959 g/mol. The van der Waals surface area contributed by atoms with Gasteiger partial charge in [-0.2, -0.15) is 4.98 Å². The van der Waals surface area contributed by atoms with Crippen LogP contribution in [0.3, 0.4) is 0 Å². The predicted octanol–water partition coefficient (Wildman–Crippen LogP) is 4.20. The molecule has 0 radical (unpaired) electrons. The molecule has 3 fully saturated rings. The van der Waals surface area contributed by atoms with E-state index in [1.807, 2.05) is 6.92 Å². The lowest BCUT2D eigenvalue weighted by molar-refractivity contribution is -0.0546. The van der Waals surface area contributed by atoms with Gasteiger partial charge in [-0.1, -0.05) is 19.1 Å². The molecule has 9 rings (SSSR count). The number of hydrogen-bond donors (Lipinski definition) is 3. The molecule has 3 aliphatic rings. The average Bonchev–Trinajstić information content (AvgIpc) is 4.05. The van der Waals surface area contributed by atoms with Crippen molar-refractivity contribution in [3.8, 4) is 11.5 Å². The largest absolute Gasteiger partial charge is 0.494 e. The van der Waals surface area contributed by atoms with Gasteiger partial charge in [0.15, 0.2) is 47.4 Å². The summed E-state index contributed by atoms with van der Waals surface area (Å²) in [5.41, 5.74) is 11.9. The zero-order valence-electron chi connectivity index (χ0n) is 34.2. The number of esters is 1. The third-order valence-corrected chi connectivity index (χ3v) is 15.3. The number of H-pyrrole nitrogens is 1. The van der Waals surface area contributed by atoms with Gasteiger partial charge in [0.25, 0.3) is 20.6 Å². The topological polar surface area (TPSA) is 284 Å². The van der Waals surface area contributed by atoms with Crippen LogP contribution in [0.15, 0.2) is 72.3 Å². The highest BCUT2D eigenvalue weighted by Gasteiger charge is 2.54. The lowest BCUT2D eigenvalue weighted by Gasteiger charge is -2.30. The Kier molecular flexibility index (Phi) is 12.6. The third-order valence-electron chi connectivity index (χ3n) is 10.4. The summed E-state index contributed by atoms with van der Waals surface area (Å²) in [4.78, 5) is 48.1. The molecule has 342 valence electrons. The summed E-state index contributed by atoms with van der Waals surface area (Å²) in [7, 11) is -3.16. The summed E-state index contributed by atoms with van der Waals surface area (Å²) in [6.07, 6.45) is -9.26. The van der Waals surface area contributed by atoms with Gasteiger partial charge in [0.05, 0.1) is 38.0 Å². The van der Waals surface area contributed by atoms with Crippen LogP contribution in [-0.2, 0) is 42.5 Å². The van der Waals surface area contributed by atoms with Crippen molar-refractivity contribution in [3.63, 3.8) is 0 Å². The molecule has 3 aliphatic heterocycles. The number of halogens is 2. The van der Waals surface area contributed by atoms with E-state index in [2.05, 4.69) is 29.9 Å². The molecule has 2 aromatic carbocycles. The zero-order valence-corrected chi connectivity index (χ0v) is 36.9. The number of ether oxygens (including phenoxy) is 4. The number of nitrogens with one attached hydrogen (secondary N) is 1. The van der Waals surface area contributed by atoms with Crippen molar-refractivity contribution < 1.29 is 59.7 Å². The molecule has 28 heteroatoms. The van der Waals surface area contributed by atoms with Crippen LogP contribution in [0.1, 0.15) is 41.7 Å². The molecule has 0 amide bonds. The lowest BCUT2D eigenvalue weighted by atomic mass is 10.1. The van der Waals surface area contributed by atoms with Crippen molar-refractivity contribution in [2.75, 3.05) is 31.3 Å². The third kappa shape index (κ3) is 9.27. The molecule has 0 aliphatic carbocycles. The standard InChI is InChI=1S/C37H39BF2N10O12P2S/c1-2-11-55-20-9-5-19(6-10-20)36(52)58-21-7-3-18(4-8-21)14-65-64(54)57-13-23-28(24(39)35(60-23)50-17-46-27-32(50)47-37(42)48-33(27)51)61-63(38,53)56-12-22-29(62-64)25(40)34(59-22)49-16-45-26-30(41)43-15-44-31(26)49/h3-10,15-17,22-25,28-29,34-35H,2,11-14,38H2,1H3,(H2,41,43,44)(H3,42,47,48,51)/t22-,23-,24-,25-,28-,29-,34-,35-,63-,64+/m1/s1. The van der Waals surface area contributed by atoms with Crippen molar-refractivity contribution >= 4 is 73.3 Å². The zero-order chi connectivity index (χ0) is 45.6. The second kappa shape index (κ2) is 18.2. The van der Waals surface area contributed by atoms with E-state index in [0.717, 1.165) is 31.2 Å². The number of aromatic amines is 1. The van der Waals surface area contributed by atoms with Crippen molar-refractivity contribution in [2.24, 2.45) is 0 Å². The van der Waals surface area contributed by atoms with Crippen LogP contribution < -0.4 is 26.5 Å². The minimum absolute atomic E-state index is 0.0252. The summed E-state index contributed by atoms with van der Waals surface area (Å²) >= 11 is 0.669. The first kappa shape index (κ1) is 44.9. The minimum Gasteiger partial charge on any atom is -0.494 e. The number of nitrogens with zero attached hydrogens (tertiary/aromatic N) is 7. The molecule has 7 heterocycles. The number of hydrogen-bond acceptors (Lipinski definition) is 20. The molecule has 3 saturated heterocycles. The highest BCUT2D eigenvalue weighted by Crippen LogP contribution is 2.65. The lowest BCUT2D eigenvalue weighted by Crippen LogP contribution is -2.37.